The second-order valence-corrected chi connectivity index (χ2v) is 8.61. The highest BCUT2D eigenvalue weighted by atomic mass is 32.2. The third kappa shape index (κ3) is 7.31. The minimum absolute atomic E-state index is 0.334. The van der Waals surface area contributed by atoms with E-state index in [-0.39, 0.29) is 0 Å². The van der Waals surface area contributed by atoms with Crippen LogP contribution in [0, 0.1) is 11.8 Å². The Bertz CT molecular complexity index is 332. The van der Waals surface area contributed by atoms with Gasteiger partial charge < -0.3 is 5.32 Å². The SMILES string of the molecule is CCCNC(CCCS(C)(=O)=O)C1CCC(C)CC1. The lowest BCUT2D eigenvalue weighted by atomic mass is 9.78. The highest BCUT2D eigenvalue weighted by Gasteiger charge is 2.25. The van der Waals surface area contributed by atoms with Gasteiger partial charge in [0.15, 0.2) is 0 Å². The van der Waals surface area contributed by atoms with Crippen LogP contribution in [0.15, 0.2) is 0 Å². The van der Waals surface area contributed by atoms with Crippen molar-refractivity contribution in [2.75, 3.05) is 18.6 Å². The topological polar surface area (TPSA) is 46.2 Å². The standard InChI is InChI=1S/C15H31NO2S/c1-4-11-16-15(6-5-12-19(3,17)18)14-9-7-13(2)8-10-14/h13-16H,4-12H2,1-3H3. The van der Waals surface area contributed by atoms with Gasteiger partial charge in [-0.15, -0.1) is 0 Å². The number of nitrogens with one attached hydrogen (secondary N) is 1. The van der Waals surface area contributed by atoms with Crippen LogP contribution in [0.2, 0.25) is 0 Å². The summed E-state index contributed by atoms with van der Waals surface area (Å²) in [6.07, 6.45) is 9.57. The molecule has 0 heterocycles. The normalized spacial score (nSPS) is 26.3. The first-order chi connectivity index (χ1) is 8.92. The summed E-state index contributed by atoms with van der Waals surface area (Å²) in [7, 11) is -2.81. The van der Waals surface area contributed by atoms with Gasteiger partial charge in [0.2, 0.25) is 0 Å². The Morgan fingerprint density at radius 1 is 1.21 bits per heavy atom. The van der Waals surface area contributed by atoms with Crippen molar-refractivity contribution >= 4 is 9.84 Å². The van der Waals surface area contributed by atoms with Gasteiger partial charge in [-0.3, -0.25) is 0 Å². The highest BCUT2D eigenvalue weighted by molar-refractivity contribution is 7.90. The molecule has 114 valence electrons. The predicted octanol–water partition coefficient (Wildman–Crippen LogP) is 3.01. The molecule has 0 radical (unpaired) electrons. The predicted molar refractivity (Wildman–Crippen MR) is 82.1 cm³/mol. The molecular weight excluding hydrogens is 258 g/mol. The summed E-state index contributed by atoms with van der Waals surface area (Å²) in [5, 5.41) is 3.65. The fourth-order valence-electron chi connectivity index (χ4n) is 3.09. The molecule has 4 heteroatoms. The Labute approximate surface area is 119 Å². The maximum absolute atomic E-state index is 11.2. The molecule has 0 bridgehead atoms. The van der Waals surface area contributed by atoms with E-state index in [1.165, 1.54) is 31.9 Å². The van der Waals surface area contributed by atoms with Gasteiger partial charge in [0, 0.05) is 18.1 Å². The average Bonchev–Trinajstić information content (AvgIpc) is 2.33. The van der Waals surface area contributed by atoms with E-state index >= 15 is 0 Å². The lowest BCUT2D eigenvalue weighted by Gasteiger charge is -2.33. The average molecular weight is 289 g/mol. The van der Waals surface area contributed by atoms with Gasteiger partial charge in [-0.05, 0) is 50.5 Å². The second kappa shape index (κ2) is 8.25. The zero-order chi connectivity index (χ0) is 14.3. The zero-order valence-electron chi connectivity index (χ0n) is 12.8. The number of hydrogen-bond donors (Lipinski definition) is 1. The lowest BCUT2D eigenvalue weighted by Crippen LogP contribution is -2.38. The summed E-state index contributed by atoms with van der Waals surface area (Å²) in [5.74, 6) is 1.96. The third-order valence-electron chi connectivity index (χ3n) is 4.32. The molecule has 19 heavy (non-hydrogen) atoms. The summed E-state index contributed by atoms with van der Waals surface area (Å²) >= 11 is 0. The molecule has 0 aromatic heterocycles. The van der Waals surface area contributed by atoms with E-state index in [4.69, 9.17) is 0 Å². The Morgan fingerprint density at radius 2 is 1.84 bits per heavy atom. The van der Waals surface area contributed by atoms with Crippen LogP contribution in [-0.2, 0) is 9.84 Å². The lowest BCUT2D eigenvalue weighted by molar-refractivity contribution is 0.222. The van der Waals surface area contributed by atoms with E-state index in [0.29, 0.717) is 11.8 Å². The largest absolute Gasteiger partial charge is 0.314 e. The van der Waals surface area contributed by atoms with Gasteiger partial charge in [0.05, 0.1) is 0 Å². The van der Waals surface area contributed by atoms with Crippen molar-refractivity contribution in [3.8, 4) is 0 Å². The second-order valence-electron chi connectivity index (χ2n) is 6.35. The Morgan fingerprint density at radius 3 is 2.37 bits per heavy atom. The van der Waals surface area contributed by atoms with Gasteiger partial charge in [-0.1, -0.05) is 26.7 Å². The van der Waals surface area contributed by atoms with Crippen molar-refractivity contribution in [1.82, 2.24) is 5.32 Å². The van der Waals surface area contributed by atoms with Crippen LogP contribution < -0.4 is 5.32 Å². The van der Waals surface area contributed by atoms with E-state index in [2.05, 4.69) is 19.2 Å². The maximum Gasteiger partial charge on any atom is 0.147 e. The molecule has 1 rings (SSSR count). The van der Waals surface area contributed by atoms with Crippen molar-refractivity contribution in [2.45, 2.75) is 64.8 Å². The van der Waals surface area contributed by atoms with Gasteiger partial charge >= 0.3 is 0 Å². The van der Waals surface area contributed by atoms with Crippen molar-refractivity contribution in [3.05, 3.63) is 0 Å². The van der Waals surface area contributed by atoms with Gasteiger partial charge in [0.25, 0.3) is 0 Å². The van der Waals surface area contributed by atoms with Crippen molar-refractivity contribution in [2.24, 2.45) is 11.8 Å². The van der Waals surface area contributed by atoms with E-state index in [9.17, 15) is 8.42 Å². The first-order valence-corrected chi connectivity index (χ1v) is 9.89. The molecule has 0 aromatic rings. The molecule has 0 spiro atoms. The van der Waals surface area contributed by atoms with Crippen molar-refractivity contribution in [1.29, 1.82) is 0 Å². The van der Waals surface area contributed by atoms with Gasteiger partial charge in [-0.25, -0.2) is 8.42 Å². The van der Waals surface area contributed by atoms with E-state index in [1.54, 1.807) is 0 Å². The number of rotatable bonds is 8. The molecular formula is C15H31NO2S. The molecule has 1 unspecified atom stereocenters. The summed E-state index contributed by atoms with van der Waals surface area (Å²) in [6, 6.07) is 0.522. The fraction of sp³-hybridized carbons (Fsp3) is 1.00. The Kier molecular flexibility index (Phi) is 7.37. The molecule has 1 saturated carbocycles. The summed E-state index contributed by atoms with van der Waals surface area (Å²) in [4.78, 5) is 0. The number of hydrogen-bond acceptors (Lipinski definition) is 3. The van der Waals surface area contributed by atoms with Crippen LogP contribution in [0.5, 0.6) is 0 Å². The molecule has 1 N–H and O–H groups in total. The van der Waals surface area contributed by atoms with Crippen LogP contribution in [0.3, 0.4) is 0 Å². The molecule has 0 saturated heterocycles. The van der Waals surface area contributed by atoms with E-state index < -0.39 is 9.84 Å². The van der Waals surface area contributed by atoms with Gasteiger partial charge in [0.1, 0.15) is 9.84 Å². The maximum atomic E-state index is 11.2. The minimum Gasteiger partial charge on any atom is -0.314 e. The van der Waals surface area contributed by atoms with Crippen molar-refractivity contribution < 1.29 is 8.42 Å². The highest BCUT2D eigenvalue weighted by Crippen LogP contribution is 2.31. The number of sulfone groups is 1. The zero-order valence-corrected chi connectivity index (χ0v) is 13.6. The quantitative estimate of drug-likeness (QED) is 0.747. The molecule has 1 atom stereocenters. The third-order valence-corrected chi connectivity index (χ3v) is 5.35. The van der Waals surface area contributed by atoms with E-state index in [0.717, 1.165) is 37.6 Å². The van der Waals surface area contributed by atoms with Crippen LogP contribution in [0.25, 0.3) is 0 Å². The van der Waals surface area contributed by atoms with Crippen LogP contribution >= 0.6 is 0 Å². The van der Waals surface area contributed by atoms with Crippen molar-refractivity contribution in [3.63, 3.8) is 0 Å². The molecule has 0 aliphatic heterocycles. The van der Waals surface area contributed by atoms with Crippen LogP contribution in [-0.4, -0.2) is 33.0 Å². The molecule has 1 aliphatic carbocycles. The van der Waals surface area contributed by atoms with Crippen LogP contribution in [0.1, 0.15) is 58.8 Å². The first kappa shape index (κ1) is 17.0. The van der Waals surface area contributed by atoms with Crippen LogP contribution in [0.4, 0.5) is 0 Å². The van der Waals surface area contributed by atoms with E-state index in [1.807, 2.05) is 0 Å². The first-order valence-electron chi connectivity index (χ1n) is 7.83. The molecule has 1 aliphatic rings. The fourth-order valence-corrected chi connectivity index (χ4v) is 3.78. The minimum atomic E-state index is -2.81. The monoisotopic (exact) mass is 289 g/mol. The molecule has 0 aromatic carbocycles. The smallest absolute Gasteiger partial charge is 0.147 e. The molecule has 1 fully saturated rings. The molecule has 0 amide bonds. The summed E-state index contributed by atoms with van der Waals surface area (Å²) in [5.41, 5.74) is 0. The van der Waals surface area contributed by atoms with Gasteiger partial charge in [-0.2, -0.15) is 0 Å². The summed E-state index contributed by atoms with van der Waals surface area (Å²) in [6.45, 7) is 5.58. The Balaban J connectivity index is 2.42. The molecule has 3 nitrogen and oxygen atoms in total. The Hall–Kier alpha value is -0.0900. The summed E-state index contributed by atoms with van der Waals surface area (Å²) < 4.78 is 22.5.